The SMILES string of the molecule is CCc1ccc(OCCNC(=O)c2ccc(CN(c3ccc(C(C)C)cc3)S(C)(=O)=O)cc2)cc1. The summed E-state index contributed by atoms with van der Waals surface area (Å²) in [6.07, 6.45) is 2.18. The lowest BCUT2D eigenvalue weighted by Crippen LogP contribution is -2.29. The molecule has 0 atom stereocenters. The predicted octanol–water partition coefficient (Wildman–Crippen LogP) is 5.15. The van der Waals surface area contributed by atoms with E-state index in [1.54, 1.807) is 24.3 Å². The van der Waals surface area contributed by atoms with Gasteiger partial charge < -0.3 is 10.1 Å². The summed E-state index contributed by atoms with van der Waals surface area (Å²) in [6.45, 7) is 7.23. The van der Waals surface area contributed by atoms with Crippen LogP contribution in [-0.4, -0.2) is 33.7 Å². The average Bonchev–Trinajstić information content (AvgIpc) is 2.85. The highest BCUT2D eigenvalue weighted by Crippen LogP contribution is 2.24. The van der Waals surface area contributed by atoms with Gasteiger partial charge in [-0.1, -0.05) is 57.2 Å². The Morgan fingerprint density at radius 1 is 0.914 bits per heavy atom. The maximum atomic E-state index is 12.5. The molecule has 186 valence electrons. The number of anilines is 1. The van der Waals surface area contributed by atoms with Gasteiger partial charge in [0.15, 0.2) is 0 Å². The first-order valence-corrected chi connectivity index (χ1v) is 13.7. The van der Waals surface area contributed by atoms with E-state index in [2.05, 4.69) is 26.1 Å². The van der Waals surface area contributed by atoms with Gasteiger partial charge in [0.2, 0.25) is 10.0 Å². The van der Waals surface area contributed by atoms with Gasteiger partial charge in [-0.2, -0.15) is 0 Å². The van der Waals surface area contributed by atoms with Crippen LogP contribution in [0.2, 0.25) is 0 Å². The molecular weight excluding hydrogens is 460 g/mol. The van der Waals surface area contributed by atoms with Crippen LogP contribution in [0.3, 0.4) is 0 Å². The number of hydrogen-bond donors (Lipinski definition) is 1. The minimum atomic E-state index is -3.48. The summed E-state index contributed by atoms with van der Waals surface area (Å²) in [5.74, 6) is 0.939. The van der Waals surface area contributed by atoms with Crippen molar-refractivity contribution in [1.29, 1.82) is 0 Å². The smallest absolute Gasteiger partial charge is 0.251 e. The molecule has 0 unspecified atom stereocenters. The molecule has 0 aliphatic rings. The molecule has 1 amide bonds. The summed E-state index contributed by atoms with van der Waals surface area (Å²) in [7, 11) is -3.48. The Morgan fingerprint density at radius 2 is 1.51 bits per heavy atom. The van der Waals surface area contributed by atoms with Crippen molar-refractivity contribution >= 4 is 21.6 Å². The monoisotopic (exact) mass is 494 g/mol. The molecule has 0 heterocycles. The van der Waals surface area contributed by atoms with Gasteiger partial charge >= 0.3 is 0 Å². The number of sulfonamides is 1. The van der Waals surface area contributed by atoms with E-state index in [1.165, 1.54) is 16.1 Å². The number of ether oxygens (including phenoxy) is 1. The number of benzene rings is 3. The van der Waals surface area contributed by atoms with Crippen LogP contribution in [0.25, 0.3) is 0 Å². The van der Waals surface area contributed by atoms with Crippen molar-refractivity contribution in [3.8, 4) is 5.75 Å². The number of rotatable bonds is 11. The number of hydrogen-bond acceptors (Lipinski definition) is 4. The highest BCUT2D eigenvalue weighted by molar-refractivity contribution is 7.92. The molecule has 0 fully saturated rings. The van der Waals surface area contributed by atoms with Crippen LogP contribution < -0.4 is 14.4 Å². The van der Waals surface area contributed by atoms with Gasteiger partial charge in [0.1, 0.15) is 12.4 Å². The minimum absolute atomic E-state index is 0.187. The molecule has 0 aromatic heterocycles. The maximum absolute atomic E-state index is 12.5. The van der Waals surface area contributed by atoms with Gasteiger partial charge in [-0.25, -0.2) is 8.42 Å². The zero-order valence-corrected chi connectivity index (χ0v) is 21.6. The predicted molar refractivity (Wildman–Crippen MR) is 142 cm³/mol. The lowest BCUT2D eigenvalue weighted by molar-refractivity contribution is 0.0947. The zero-order valence-electron chi connectivity index (χ0n) is 20.8. The molecule has 0 aliphatic heterocycles. The Balaban J connectivity index is 1.56. The van der Waals surface area contributed by atoms with Gasteiger partial charge in [0.05, 0.1) is 25.0 Å². The molecule has 0 bridgehead atoms. The van der Waals surface area contributed by atoms with Crippen molar-refractivity contribution in [2.45, 2.75) is 39.7 Å². The molecule has 3 aromatic carbocycles. The van der Waals surface area contributed by atoms with E-state index in [4.69, 9.17) is 4.74 Å². The molecule has 0 radical (unpaired) electrons. The summed E-state index contributed by atoms with van der Waals surface area (Å²) in [6, 6.07) is 22.5. The van der Waals surface area contributed by atoms with Crippen LogP contribution in [0.4, 0.5) is 5.69 Å². The molecule has 0 spiro atoms. The summed E-state index contributed by atoms with van der Waals surface area (Å²) < 4.78 is 32.0. The highest BCUT2D eigenvalue weighted by Gasteiger charge is 2.18. The second-order valence-corrected chi connectivity index (χ2v) is 10.7. The van der Waals surface area contributed by atoms with Crippen molar-refractivity contribution in [2.75, 3.05) is 23.7 Å². The number of aryl methyl sites for hydroxylation is 1. The second-order valence-electron chi connectivity index (χ2n) is 8.81. The standard InChI is InChI=1S/C28H34N2O4S/c1-5-22-8-16-27(17-9-22)34-19-18-29-28(31)25-10-6-23(7-11-25)20-30(35(4,32)33)26-14-12-24(13-15-26)21(2)3/h6-17,21H,5,18-20H2,1-4H3,(H,29,31). The lowest BCUT2D eigenvalue weighted by Gasteiger charge is -2.23. The van der Waals surface area contributed by atoms with Crippen LogP contribution in [0.1, 0.15) is 53.7 Å². The van der Waals surface area contributed by atoms with Crippen molar-refractivity contribution in [1.82, 2.24) is 5.32 Å². The molecule has 0 aliphatic carbocycles. The maximum Gasteiger partial charge on any atom is 0.251 e. The Bertz CT molecular complexity index is 1200. The van der Waals surface area contributed by atoms with Crippen LogP contribution in [-0.2, 0) is 23.0 Å². The summed E-state index contributed by atoms with van der Waals surface area (Å²) >= 11 is 0. The summed E-state index contributed by atoms with van der Waals surface area (Å²) in [4.78, 5) is 12.5. The second kappa shape index (κ2) is 11.9. The van der Waals surface area contributed by atoms with E-state index in [-0.39, 0.29) is 12.5 Å². The van der Waals surface area contributed by atoms with Gasteiger partial charge in [0.25, 0.3) is 5.91 Å². The topological polar surface area (TPSA) is 75.7 Å². The molecule has 35 heavy (non-hydrogen) atoms. The number of nitrogens with one attached hydrogen (secondary N) is 1. The molecule has 1 N–H and O–H groups in total. The minimum Gasteiger partial charge on any atom is -0.492 e. The molecule has 7 heteroatoms. The largest absolute Gasteiger partial charge is 0.492 e. The first kappa shape index (κ1) is 26.3. The molecule has 6 nitrogen and oxygen atoms in total. The van der Waals surface area contributed by atoms with Gasteiger partial charge in [-0.15, -0.1) is 0 Å². The number of amides is 1. The van der Waals surface area contributed by atoms with Crippen LogP contribution in [0.15, 0.2) is 72.8 Å². The quantitative estimate of drug-likeness (QED) is 0.374. The Morgan fingerprint density at radius 3 is 2.06 bits per heavy atom. The van der Waals surface area contributed by atoms with Gasteiger partial charge in [0, 0.05) is 5.56 Å². The molecule has 0 saturated carbocycles. The molecule has 3 aromatic rings. The number of nitrogens with zero attached hydrogens (tertiary/aromatic N) is 1. The lowest BCUT2D eigenvalue weighted by atomic mass is 10.0. The van der Waals surface area contributed by atoms with Crippen molar-refractivity contribution in [2.24, 2.45) is 0 Å². The third kappa shape index (κ3) is 7.59. The summed E-state index contributed by atoms with van der Waals surface area (Å²) in [5, 5.41) is 2.85. The highest BCUT2D eigenvalue weighted by atomic mass is 32.2. The zero-order chi connectivity index (χ0) is 25.4. The Hall–Kier alpha value is -3.32. The van der Waals surface area contributed by atoms with E-state index in [0.717, 1.165) is 23.3 Å². The third-order valence-corrected chi connectivity index (χ3v) is 6.92. The van der Waals surface area contributed by atoms with Crippen molar-refractivity contribution in [3.05, 3.63) is 95.1 Å². The normalized spacial score (nSPS) is 11.3. The first-order chi connectivity index (χ1) is 16.7. The number of carbonyl (C=O) groups is 1. The van der Waals surface area contributed by atoms with E-state index < -0.39 is 10.0 Å². The van der Waals surface area contributed by atoms with Crippen LogP contribution in [0, 0.1) is 0 Å². The fraction of sp³-hybridized carbons (Fsp3) is 0.321. The van der Waals surface area contributed by atoms with Crippen LogP contribution >= 0.6 is 0 Å². The van der Waals surface area contributed by atoms with Crippen LogP contribution in [0.5, 0.6) is 5.75 Å². The van der Waals surface area contributed by atoms with E-state index in [9.17, 15) is 13.2 Å². The van der Waals surface area contributed by atoms with Crippen molar-refractivity contribution in [3.63, 3.8) is 0 Å². The first-order valence-electron chi connectivity index (χ1n) is 11.8. The van der Waals surface area contributed by atoms with Gasteiger partial charge in [-0.3, -0.25) is 9.10 Å². The molecule has 0 saturated heterocycles. The summed E-state index contributed by atoms with van der Waals surface area (Å²) in [5.41, 5.74) is 4.31. The molecule has 3 rings (SSSR count). The average molecular weight is 495 g/mol. The van der Waals surface area contributed by atoms with Crippen molar-refractivity contribution < 1.29 is 17.9 Å². The van der Waals surface area contributed by atoms with E-state index in [1.807, 2.05) is 48.5 Å². The Labute approximate surface area is 209 Å². The fourth-order valence-electron chi connectivity index (χ4n) is 3.61. The number of carbonyl (C=O) groups excluding carboxylic acids is 1. The van der Waals surface area contributed by atoms with E-state index >= 15 is 0 Å². The Kier molecular flexibility index (Phi) is 8.93. The molecular formula is C28H34N2O4S. The van der Waals surface area contributed by atoms with Gasteiger partial charge in [-0.05, 0) is 65.4 Å². The van der Waals surface area contributed by atoms with E-state index in [0.29, 0.717) is 30.3 Å². The third-order valence-electron chi connectivity index (χ3n) is 5.78. The fourth-order valence-corrected chi connectivity index (χ4v) is 4.50.